The standard InChI is InChI=1S/C15H30N2/c1-15(2)9-5-4-6-14(15)17-10-7-13(8-11-17)12-16-3/h13-14,16H,4-12H2,1-3H3. The molecule has 0 aromatic rings. The van der Waals surface area contributed by atoms with Gasteiger partial charge in [-0.15, -0.1) is 0 Å². The summed E-state index contributed by atoms with van der Waals surface area (Å²) in [6.07, 6.45) is 8.54. The van der Waals surface area contributed by atoms with E-state index in [2.05, 4.69) is 31.1 Å². The van der Waals surface area contributed by atoms with Crippen LogP contribution in [-0.4, -0.2) is 37.6 Å². The second kappa shape index (κ2) is 5.71. The molecular weight excluding hydrogens is 208 g/mol. The van der Waals surface area contributed by atoms with Gasteiger partial charge in [-0.25, -0.2) is 0 Å². The van der Waals surface area contributed by atoms with Gasteiger partial charge in [0.25, 0.3) is 0 Å². The minimum Gasteiger partial charge on any atom is -0.319 e. The number of nitrogens with zero attached hydrogens (tertiary/aromatic N) is 1. The maximum atomic E-state index is 3.33. The van der Waals surface area contributed by atoms with Crippen LogP contribution in [0, 0.1) is 11.3 Å². The molecule has 2 nitrogen and oxygen atoms in total. The lowest BCUT2D eigenvalue weighted by atomic mass is 9.72. The van der Waals surface area contributed by atoms with Crippen molar-refractivity contribution in [2.24, 2.45) is 11.3 Å². The lowest BCUT2D eigenvalue weighted by molar-refractivity contribution is 0.0254. The van der Waals surface area contributed by atoms with Crippen molar-refractivity contribution in [2.45, 2.75) is 58.4 Å². The van der Waals surface area contributed by atoms with Gasteiger partial charge in [-0.05, 0) is 63.7 Å². The van der Waals surface area contributed by atoms with Crippen LogP contribution in [0.1, 0.15) is 52.4 Å². The first-order valence-corrected chi connectivity index (χ1v) is 7.52. The van der Waals surface area contributed by atoms with Crippen molar-refractivity contribution in [3.63, 3.8) is 0 Å². The largest absolute Gasteiger partial charge is 0.319 e. The summed E-state index contributed by atoms with van der Waals surface area (Å²) in [6.45, 7) is 8.84. The first-order chi connectivity index (χ1) is 8.13. The van der Waals surface area contributed by atoms with E-state index in [4.69, 9.17) is 0 Å². The van der Waals surface area contributed by atoms with Crippen LogP contribution in [0.25, 0.3) is 0 Å². The third-order valence-electron chi connectivity index (χ3n) is 5.03. The second-order valence-corrected chi connectivity index (χ2v) is 6.79. The number of rotatable bonds is 3. The molecule has 0 bridgehead atoms. The zero-order valence-corrected chi connectivity index (χ0v) is 12.0. The molecule has 0 aromatic carbocycles. The van der Waals surface area contributed by atoms with E-state index in [9.17, 15) is 0 Å². The van der Waals surface area contributed by atoms with Gasteiger partial charge in [-0.2, -0.15) is 0 Å². The predicted octanol–water partition coefficient (Wildman–Crippen LogP) is 2.89. The van der Waals surface area contributed by atoms with Gasteiger partial charge in [0.05, 0.1) is 0 Å². The van der Waals surface area contributed by atoms with E-state index in [0.29, 0.717) is 5.41 Å². The molecule has 0 spiro atoms. The number of likely N-dealkylation sites (tertiary alicyclic amines) is 1. The van der Waals surface area contributed by atoms with Crippen LogP contribution >= 0.6 is 0 Å². The van der Waals surface area contributed by atoms with Crippen molar-refractivity contribution < 1.29 is 0 Å². The maximum absolute atomic E-state index is 3.33. The van der Waals surface area contributed by atoms with Gasteiger partial charge in [0.1, 0.15) is 0 Å². The average Bonchev–Trinajstić information content (AvgIpc) is 2.30. The Hall–Kier alpha value is -0.0800. The molecule has 100 valence electrons. The fourth-order valence-corrected chi connectivity index (χ4v) is 3.91. The lowest BCUT2D eigenvalue weighted by Crippen LogP contribution is -2.50. The highest BCUT2D eigenvalue weighted by Gasteiger charge is 2.37. The van der Waals surface area contributed by atoms with Gasteiger partial charge < -0.3 is 5.32 Å². The Morgan fingerprint density at radius 2 is 1.82 bits per heavy atom. The lowest BCUT2D eigenvalue weighted by Gasteiger charge is -2.47. The summed E-state index contributed by atoms with van der Waals surface area (Å²) in [7, 11) is 2.08. The Morgan fingerprint density at radius 1 is 1.12 bits per heavy atom. The highest BCUT2D eigenvalue weighted by Crippen LogP contribution is 2.39. The first kappa shape index (κ1) is 13.4. The fraction of sp³-hybridized carbons (Fsp3) is 1.00. The molecule has 17 heavy (non-hydrogen) atoms. The molecule has 2 aliphatic rings. The molecule has 2 fully saturated rings. The SMILES string of the molecule is CNCC1CCN(C2CCCCC2(C)C)CC1. The van der Waals surface area contributed by atoms with Crippen molar-refractivity contribution in [3.8, 4) is 0 Å². The van der Waals surface area contributed by atoms with E-state index >= 15 is 0 Å². The number of nitrogens with one attached hydrogen (secondary N) is 1. The van der Waals surface area contributed by atoms with Crippen LogP contribution in [0.4, 0.5) is 0 Å². The van der Waals surface area contributed by atoms with Gasteiger partial charge in [0, 0.05) is 6.04 Å². The maximum Gasteiger partial charge on any atom is 0.0146 e. The Balaban J connectivity index is 1.87. The number of hydrogen-bond donors (Lipinski definition) is 1. The summed E-state index contributed by atoms with van der Waals surface area (Å²) in [4.78, 5) is 2.80. The summed E-state index contributed by atoms with van der Waals surface area (Å²) in [5.74, 6) is 0.919. The quantitative estimate of drug-likeness (QED) is 0.813. The van der Waals surface area contributed by atoms with Gasteiger partial charge in [-0.1, -0.05) is 26.7 Å². The summed E-state index contributed by atoms with van der Waals surface area (Å²) in [6, 6.07) is 0.854. The minimum absolute atomic E-state index is 0.550. The van der Waals surface area contributed by atoms with Gasteiger partial charge in [0.2, 0.25) is 0 Å². The molecule has 1 atom stereocenters. The molecule has 2 heteroatoms. The third-order valence-corrected chi connectivity index (χ3v) is 5.03. The minimum atomic E-state index is 0.550. The van der Waals surface area contributed by atoms with Crippen LogP contribution in [0.5, 0.6) is 0 Å². The van der Waals surface area contributed by atoms with Crippen LogP contribution in [0.3, 0.4) is 0 Å². The summed E-state index contributed by atoms with van der Waals surface area (Å²) < 4.78 is 0. The van der Waals surface area contributed by atoms with Crippen molar-refractivity contribution in [2.75, 3.05) is 26.7 Å². The van der Waals surface area contributed by atoms with Crippen LogP contribution < -0.4 is 5.32 Å². The molecule has 1 unspecified atom stereocenters. The molecule has 0 radical (unpaired) electrons. The molecule has 1 saturated heterocycles. The highest BCUT2D eigenvalue weighted by molar-refractivity contribution is 4.91. The molecule has 1 heterocycles. The summed E-state index contributed by atoms with van der Waals surface area (Å²) in [5, 5.41) is 3.33. The summed E-state index contributed by atoms with van der Waals surface area (Å²) in [5.41, 5.74) is 0.550. The fourth-order valence-electron chi connectivity index (χ4n) is 3.91. The van der Waals surface area contributed by atoms with Crippen molar-refractivity contribution in [1.29, 1.82) is 0 Å². The van der Waals surface area contributed by atoms with E-state index in [-0.39, 0.29) is 0 Å². The molecule has 1 N–H and O–H groups in total. The Kier molecular flexibility index (Phi) is 4.48. The van der Waals surface area contributed by atoms with Crippen molar-refractivity contribution in [3.05, 3.63) is 0 Å². The number of piperidine rings is 1. The average molecular weight is 238 g/mol. The zero-order valence-electron chi connectivity index (χ0n) is 12.0. The molecule has 1 aliphatic heterocycles. The first-order valence-electron chi connectivity index (χ1n) is 7.52. The monoisotopic (exact) mass is 238 g/mol. The van der Waals surface area contributed by atoms with E-state index in [1.165, 1.54) is 58.2 Å². The van der Waals surface area contributed by atoms with E-state index in [0.717, 1.165) is 12.0 Å². The molecule has 0 amide bonds. The van der Waals surface area contributed by atoms with Gasteiger partial charge >= 0.3 is 0 Å². The van der Waals surface area contributed by atoms with Crippen molar-refractivity contribution in [1.82, 2.24) is 10.2 Å². The number of hydrogen-bond acceptors (Lipinski definition) is 2. The van der Waals surface area contributed by atoms with E-state index in [1.54, 1.807) is 0 Å². The second-order valence-electron chi connectivity index (χ2n) is 6.79. The topological polar surface area (TPSA) is 15.3 Å². The van der Waals surface area contributed by atoms with Gasteiger partial charge in [-0.3, -0.25) is 4.90 Å². The van der Waals surface area contributed by atoms with E-state index in [1.807, 2.05) is 0 Å². The van der Waals surface area contributed by atoms with Crippen LogP contribution in [0.15, 0.2) is 0 Å². The normalized spacial score (nSPS) is 31.6. The van der Waals surface area contributed by atoms with Crippen LogP contribution in [-0.2, 0) is 0 Å². The Morgan fingerprint density at radius 3 is 2.41 bits per heavy atom. The highest BCUT2D eigenvalue weighted by atomic mass is 15.2. The summed E-state index contributed by atoms with van der Waals surface area (Å²) >= 11 is 0. The third kappa shape index (κ3) is 3.23. The Labute approximate surface area is 107 Å². The molecule has 2 rings (SSSR count). The smallest absolute Gasteiger partial charge is 0.0146 e. The van der Waals surface area contributed by atoms with Crippen molar-refractivity contribution >= 4 is 0 Å². The Bertz CT molecular complexity index is 229. The zero-order chi connectivity index (χ0) is 12.3. The van der Waals surface area contributed by atoms with Gasteiger partial charge in [0.15, 0.2) is 0 Å². The molecule has 0 aromatic heterocycles. The predicted molar refractivity (Wildman–Crippen MR) is 74.3 cm³/mol. The van der Waals surface area contributed by atoms with Crippen LogP contribution in [0.2, 0.25) is 0 Å². The molecular formula is C15H30N2. The molecule has 1 saturated carbocycles. The molecule has 1 aliphatic carbocycles. The van der Waals surface area contributed by atoms with E-state index < -0.39 is 0 Å².